The minimum Gasteiger partial charge on any atom is -0.367 e. The first-order valence-corrected chi connectivity index (χ1v) is 6.58. The van der Waals surface area contributed by atoms with Gasteiger partial charge in [-0.25, -0.2) is 0 Å². The van der Waals surface area contributed by atoms with Gasteiger partial charge in [0.25, 0.3) is 0 Å². The van der Waals surface area contributed by atoms with Gasteiger partial charge in [0, 0.05) is 12.7 Å². The Kier molecular flexibility index (Phi) is 5.68. The smallest absolute Gasteiger partial charge is 0.311 e. The van der Waals surface area contributed by atoms with Crippen LogP contribution in [-0.2, 0) is 4.79 Å². The lowest BCUT2D eigenvalue weighted by atomic mass is 10.2. The van der Waals surface area contributed by atoms with Gasteiger partial charge in [-0.3, -0.25) is 19.9 Å². The van der Waals surface area contributed by atoms with Crippen molar-refractivity contribution in [2.45, 2.75) is 26.3 Å². The molecule has 7 nitrogen and oxygen atoms in total. The predicted octanol–water partition coefficient (Wildman–Crippen LogP) is 2.08. The molecule has 0 spiro atoms. The maximum atomic E-state index is 11.7. The molecular formula is C11H15BrN4O3. The zero-order valence-electron chi connectivity index (χ0n) is 10.6. The van der Waals surface area contributed by atoms with Crippen molar-refractivity contribution in [2.75, 3.05) is 11.9 Å². The third kappa shape index (κ3) is 4.16. The Labute approximate surface area is 119 Å². The Morgan fingerprint density at radius 1 is 1.58 bits per heavy atom. The van der Waals surface area contributed by atoms with Crippen LogP contribution in [-0.4, -0.2) is 28.4 Å². The van der Waals surface area contributed by atoms with Crippen LogP contribution < -0.4 is 10.6 Å². The summed E-state index contributed by atoms with van der Waals surface area (Å²) < 4.78 is 0.442. The minimum atomic E-state index is -0.580. The monoisotopic (exact) mass is 330 g/mol. The van der Waals surface area contributed by atoms with Gasteiger partial charge in [0.2, 0.25) is 5.91 Å². The summed E-state index contributed by atoms with van der Waals surface area (Å²) in [5, 5.41) is 16.4. The molecule has 1 atom stereocenters. The lowest BCUT2D eigenvalue weighted by molar-refractivity contribution is -0.384. The molecule has 2 N–H and O–H groups in total. The molecular weight excluding hydrogens is 316 g/mol. The molecule has 19 heavy (non-hydrogen) atoms. The summed E-state index contributed by atoms with van der Waals surface area (Å²) in [6.45, 7) is 4.16. The maximum absolute atomic E-state index is 11.7. The second kappa shape index (κ2) is 7.03. The van der Waals surface area contributed by atoms with Crippen molar-refractivity contribution in [3.05, 3.63) is 27.0 Å². The lowest BCUT2D eigenvalue weighted by Gasteiger charge is -2.15. The number of carbonyl (C=O) groups excluding carboxylic acids is 1. The number of rotatable bonds is 6. The maximum Gasteiger partial charge on any atom is 0.311 e. The van der Waals surface area contributed by atoms with Crippen LogP contribution in [0.1, 0.15) is 20.3 Å². The minimum absolute atomic E-state index is 0.176. The SMILES string of the molecule is CCCNC(=O)C(C)Nc1c(Br)cncc1[N+](=O)[O-]. The van der Waals surface area contributed by atoms with Crippen LogP contribution in [0, 0.1) is 10.1 Å². The van der Waals surface area contributed by atoms with Crippen molar-refractivity contribution in [1.82, 2.24) is 10.3 Å². The number of nitro groups is 1. The first kappa shape index (κ1) is 15.4. The van der Waals surface area contributed by atoms with Gasteiger partial charge in [-0.2, -0.15) is 0 Å². The van der Waals surface area contributed by atoms with E-state index >= 15 is 0 Å². The second-order valence-electron chi connectivity index (χ2n) is 3.93. The number of anilines is 1. The molecule has 0 aliphatic rings. The largest absolute Gasteiger partial charge is 0.367 e. The van der Waals surface area contributed by atoms with Gasteiger partial charge in [-0.1, -0.05) is 6.92 Å². The molecule has 0 radical (unpaired) electrons. The third-order valence-corrected chi connectivity index (χ3v) is 2.98. The van der Waals surface area contributed by atoms with Gasteiger partial charge in [-0.15, -0.1) is 0 Å². The molecule has 0 aliphatic heterocycles. The van der Waals surface area contributed by atoms with E-state index in [9.17, 15) is 14.9 Å². The van der Waals surface area contributed by atoms with Crippen LogP contribution in [0.4, 0.5) is 11.4 Å². The summed E-state index contributed by atoms with van der Waals surface area (Å²) in [4.78, 5) is 25.8. The normalized spacial score (nSPS) is 11.7. The van der Waals surface area contributed by atoms with Crippen molar-refractivity contribution < 1.29 is 9.72 Å². The molecule has 1 rings (SSSR count). The Bertz CT molecular complexity index is 481. The van der Waals surface area contributed by atoms with Crippen molar-refractivity contribution >= 4 is 33.2 Å². The number of carbonyl (C=O) groups is 1. The van der Waals surface area contributed by atoms with Crippen molar-refractivity contribution in [3.63, 3.8) is 0 Å². The molecule has 104 valence electrons. The summed E-state index contributed by atoms with van der Waals surface area (Å²) in [6.07, 6.45) is 3.41. The summed E-state index contributed by atoms with van der Waals surface area (Å²) in [5.74, 6) is -0.208. The van der Waals surface area contributed by atoms with Crippen molar-refractivity contribution in [2.24, 2.45) is 0 Å². The first-order valence-electron chi connectivity index (χ1n) is 5.79. The van der Waals surface area contributed by atoms with Crippen LogP contribution in [0.5, 0.6) is 0 Å². The number of amides is 1. The number of nitrogens with zero attached hydrogens (tertiary/aromatic N) is 2. The van der Waals surface area contributed by atoms with Crippen molar-refractivity contribution in [3.8, 4) is 0 Å². The van der Waals surface area contributed by atoms with Crippen molar-refractivity contribution in [1.29, 1.82) is 0 Å². The first-order chi connectivity index (χ1) is 8.97. The van der Waals surface area contributed by atoms with E-state index in [2.05, 4.69) is 31.5 Å². The van der Waals surface area contributed by atoms with Gasteiger partial charge in [0.05, 0.1) is 9.40 Å². The highest BCUT2D eigenvalue weighted by atomic mass is 79.9. The third-order valence-electron chi connectivity index (χ3n) is 2.38. The number of hydrogen-bond donors (Lipinski definition) is 2. The lowest BCUT2D eigenvalue weighted by Crippen LogP contribution is -2.38. The van der Waals surface area contributed by atoms with Crippen LogP contribution in [0.2, 0.25) is 0 Å². The molecule has 0 saturated carbocycles. The van der Waals surface area contributed by atoms with Gasteiger partial charge < -0.3 is 10.6 Å². The summed E-state index contributed by atoms with van der Waals surface area (Å²) in [7, 11) is 0. The average Bonchev–Trinajstić information content (AvgIpc) is 2.37. The Balaban J connectivity index is 2.87. The fraction of sp³-hybridized carbons (Fsp3) is 0.455. The fourth-order valence-corrected chi connectivity index (χ4v) is 1.83. The van der Waals surface area contributed by atoms with E-state index in [0.29, 0.717) is 11.0 Å². The predicted molar refractivity (Wildman–Crippen MR) is 75.0 cm³/mol. The quantitative estimate of drug-likeness (QED) is 0.614. The summed E-state index contributed by atoms with van der Waals surface area (Å²) in [5.41, 5.74) is 0.0728. The van der Waals surface area contributed by atoms with Crippen LogP contribution in [0.3, 0.4) is 0 Å². The second-order valence-corrected chi connectivity index (χ2v) is 4.78. The van der Waals surface area contributed by atoms with Gasteiger partial charge >= 0.3 is 5.69 Å². The molecule has 8 heteroatoms. The van der Waals surface area contributed by atoms with Crippen LogP contribution in [0.15, 0.2) is 16.9 Å². The highest BCUT2D eigenvalue weighted by Crippen LogP contribution is 2.31. The topological polar surface area (TPSA) is 97.2 Å². The fourth-order valence-electron chi connectivity index (χ4n) is 1.39. The van der Waals surface area contributed by atoms with Crippen LogP contribution >= 0.6 is 15.9 Å². The van der Waals surface area contributed by atoms with Gasteiger partial charge in [-0.05, 0) is 29.3 Å². The highest BCUT2D eigenvalue weighted by Gasteiger charge is 2.21. The number of pyridine rings is 1. The van der Waals surface area contributed by atoms with Crippen LogP contribution in [0.25, 0.3) is 0 Å². The van der Waals surface area contributed by atoms with E-state index in [-0.39, 0.29) is 17.3 Å². The number of hydrogen-bond acceptors (Lipinski definition) is 5. The van der Waals surface area contributed by atoms with E-state index in [1.54, 1.807) is 6.92 Å². The number of nitrogens with one attached hydrogen (secondary N) is 2. The average molecular weight is 331 g/mol. The molecule has 1 heterocycles. The summed E-state index contributed by atoms with van der Waals surface area (Å²) in [6, 6.07) is -0.580. The molecule has 1 unspecified atom stereocenters. The Hall–Kier alpha value is -1.70. The standard InChI is InChI=1S/C11H15BrN4O3/c1-3-4-14-11(17)7(2)15-10-8(12)5-13-6-9(10)16(18)19/h5-7H,3-4H2,1-2H3,(H,13,15)(H,14,17). The van der Waals surface area contributed by atoms with E-state index < -0.39 is 11.0 Å². The Morgan fingerprint density at radius 2 is 2.26 bits per heavy atom. The van der Waals surface area contributed by atoms with E-state index in [1.807, 2.05) is 6.92 Å². The zero-order chi connectivity index (χ0) is 14.4. The molecule has 1 aromatic heterocycles. The molecule has 1 amide bonds. The molecule has 0 fully saturated rings. The van der Waals surface area contributed by atoms with Gasteiger partial charge in [0.1, 0.15) is 17.9 Å². The van der Waals surface area contributed by atoms with E-state index in [4.69, 9.17) is 0 Å². The molecule has 0 bridgehead atoms. The zero-order valence-corrected chi connectivity index (χ0v) is 12.2. The highest BCUT2D eigenvalue weighted by molar-refractivity contribution is 9.10. The van der Waals surface area contributed by atoms with E-state index in [1.165, 1.54) is 6.20 Å². The summed E-state index contributed by atoms with van der Waals surface area (Å²) >= 11 is 3.18. The molecule has 0 aliphatic carbocycles. The Morgan fingerprint density at radius 3 is 2.84 bits per heavy atom. The molecule has 1 aromatic rings. The number of aromatic nitrogens is 1. The van der Waals surface area contributed by atoms with E-state index in [0.717, 1.165) is 12.6 Å². The molecule has 0 aromatic carbocycles. The van der Waals surface area contributed by atoms with Gasteiger partial charge in [0.15, 0.2) is 0 Å². The number of halogens is 1. The molecule has 0 saturated heterocycles.